The zero-order chi connectivity index (χ0) is 15.8. The third-order valence-corrected chi connectivity index (χ3v) is 4.66. The van der Waals surface area contributed by atoms with Crippen LogP contribution in [0.25, 0.3) is 10.7 Å². The molecular formula is C10H11ClN4O4S2. The summed E-state index contributed by atoms with van der Waals surface area (Å²) in [6.07, 6.45) is 0. The van der Waals surface area contributed by atoms with Crippen molar-refractivity contribution in [3.05, 3.63) is 22.2 Å². The molecule has 11 heteroatoms. The van der Waals surface area contributed by atoms with Gasteiger partial charge in [-0.05, 0) is 12.0 Å². The Balaban J connectivity index is 2.57. The van der Waals surface area contributed by atoms with Crippen LogP contribution >= 0.6 is 22.0 Å². The minimum Gasteiger partial charge on any atom is -0.296 e. The van der Waals surface area contributed by atoms with Crippen LogP contribution in [0.4, 0.5) is 5.00 Å². The first kappa shape index (κ1) is 15.9. The fourth-order valence-electron chi connectivity index (χ4n) is 1.73. The van der Waals surface area contributed by atoms with Crippen LogP contribution in [0.2, 0.25) is 0 Å². The van der Waals surface area contributed by atoms with Gasteiger partial charge >= 0.3 is 5.00 Å². The Labute approximate surface area is 129 Å². The number of hydrogen-bond donors (Lipinski definition) is 0. The van der Waals surface area contributed by atoms with E-state index in [1.807, 2.05) is 13.8 Å². The van der Waals surface area contributed by atoms with Crippen molar-refractivity contribution in [3.8, 4) is 10.7 Å². The predicted octanol–water partition coefficient (Wildman–Crippen LogP) is 2.50. The maximum atomic E-state index is 11.5. The van der Waals surface area contributed by atoms with Gasteiger partial charge in [0.1, 0.15) is 0 Å². The second-order valence-electron chi connectivity index (χ2n) is 4.64. The van der Waals surface area contributed by atoms with Crippen LogP contribution in [-0.4, -0.2) is 28.1 Å². The topological polar surface area (TPSA) is 108 Å². The molecule has 2 aromatic rings. The van der Waals surface area contributed by atoms with E-state index in [0.29, 0.717) is 11.4 Å². The molecule has 2 rings (SSSR count). The molecule has 2 heterocycles. The number of nitro groups is 1. The number of aromatic nitrogens is 3. The molecule has 0 unspecified atom stereocenters. The molecule has 0 spiro atoms. The maximum Gasteiger partial charge on any atom is 0.324 e. The molecule has 0 aliphatic carbocycles. The lowest BCUT2D eigenvalue weighted by molar-refractivity contribution is -0.380. The molecule has 0 saturated heterocycles. The van der Waals surface area contributed by atoms with Gasteiger partial charge in [-0.15, -0.1) is 10.2 Å². The van der Waals surface area contributed by atoms with E-state index in [9.17, 15) is 18.5 Å². The van der Waals surface area contributed by atoms with Crippen molar-refractivity contribution < 1.29 is 13.3 Å². The summed E-state index contributed by atoms with van der Waals surface area (Å²) in [5, 5.41) is 17.7. The Morgan fingerprint density at radius 1 is 1.43 bits per heavy atom. The van der Waals surface area contributed by atoms with Gasteiger partial charge in [-0.25, -0.2) is 8.42 Å². The van der Waals surface area contributed by atoms with E-state index in [2.05, 4.69) is 10.2 Å². The zero-order valence-electron chi connectivity index (χ0n) is 11.1. The van der Waals surface area contributed by atoms with Gasteiger partial charge in [0, 0.05) is 23.3 Å². The fraction of sp³-hybridized carbons (Fsp3) is 0.400. The summed E-state index contributed by atoms with van der Waals surface area (Å²) in [5.74, 6) is 0.368. The number of hydrogen-bond acceptors (Lipinski definition) is 7. The lowest BCUT2D eigenvalue weighted by atomic mass is 10.2. The second-order valence-corrected chi connectivity index (χ2v) is 8.17. The van der Waals surface area contributed by atoms with Crippen LogP contribution in [0.3, 0.4) is 0 Å². The molecule has 0 bridgehead atoms. The number of halogens is 1. The van der Waals surface area contributed by atoms with E-state index in [0.717, 1.165) is 11.3 Å². The van der Waals surface area contributed by atoms with E-state index in [4.69, 9.17) is 10.7 Å². The molecule has 21 heavy (non-hydrogen) atoms. The number of rotatable bonds is 5. The lowest BCUT2D eigenvalue weighted by Crippen LogP contribution is -2.11. The minimum atomic E-state index is -4.04. The molecule has 114 valence electrons. The van der Waals surface area contributed by atoms with Crippen molar-refractivity contribution in [2.75, 3.05) is 0 Å². The van der Waals surface area contributed by atoms with Crippen LogP contribution in [0, 0.1) is 16.0 Å². The summed E-state index contributed by atoms with van der Waals surface area (Å²) in [6.45, 7) is 4.12. The van der Waals surface area contributed by atoms with Gasteiger partial charge in [-0.3, -0.25) is 14.7 Å². The molecule has 0 radical (unpaired) electrons. The van der Waals surface area contributed by atoms with Crippen LogP contribution < -0.4 is 0 Å². The molecule has 2 aromatic heterocycles. The van der Waals surface area contributed by atoms with Crippen LogP contribution in [0.15, 0.2) is 17.3 Å². The standard InChI is InChI=1S/C10H11ClN4O4S2/c1-6(2)5-14-9(12-13-10(14)21(11,18)19)7-3-4-8(20-7)15(16)17/h3-4,6H,5H2,1-2H3. The quantitative estimate of drug-likeness (QED) is 0.465. The number of nitrogens with zero attached hydrogens (tertiary/aromatic N) is 4. The molecule has 0 amide bonds. The summed E-state index contributed by atoms with van der Waals surface area (Å²) in [6, 6.07) is 2.84. The van der Waals surface area contributed by atoms with Crippen molar-refractivity contribution in [1.29, 1.82) is 0 Å². The summed E-state index contributed by atoms with van der Waals surface area (Å²) in [5.41, 5.74) is 0. The Bertz CT molecular complexity index is 781. The van der Waals surface area contributed by atoms with Crippen molar-refractivity contribution in [3.63, 3.8) is 0 Å². The summed E-state index contributed by atoms with van der Waals surface area (Å²) < 4.78 is 24.4. The maximum absolute atomic E-state index is 11.5. The molecule has 0 N–H and O–H groups in total. The molecule has 0 aliphatic heterocycles. The Morgan fingerprint density at radius 2 is 2.10 bits per heavy atom. The highest BCUT2D eigenvalue weighted by Crippen LogP contribution is 2.33. The molecule has 0 aliphatic rings. The minimum absolute atomic E-state index is 0.0561. The van der Waals surface area contributed by atoms with Gasteiger partial charge in [0.2, 0.25) is 0 Å². The lowest BCUT2D eigenvalue weighted by Gasteiger charge is -2.10. The second kappa shape index (κ2) is 5.70. The van der Waals surface area contributed by atoms with Gasteiger partial charge in [-0.1, -0.05) is 25.2 Å². The van der Waals surface area contributed by atoms with E-state index < -0.39 is 14.0 Å². The molecule has 0 atom stereocenters. The van der Waals surface area contributed by atoms with E-state index >= 15 is 0 Å². The van der Waals surface area contributed by atoms with Gasteiger partial charge < -0.3 is 0 Å². The third-order valence-electron chi connectivity index (χ3n) is 2.47. The molecule has 0 saturated carbocycles. The average molecular weight is 351 g/mol. The van der Waals surface area contributed by atoms with Crippen molar-refractivity contribution in [1.82, 2.24) is 14.8 Å². The zero-order valence-corrected chi connectivity index (χ0v) is 13.4. The highest BCUT2D eigenvalue weighted by molar-refractivity contribution is 8.13. The third kappa shape index (κ3) is 3.39. The monoisotopic (exact) mass is 350 g/mol. The van der Waals surface area contributed by atoms with E-state index in [-0.39, 0.29) is 21.9 Å². The van der Waals surface area contributed by atoms with Gasteiger partial charge in [0.25, 0.3) is 14.2 Å². The summed E-state index contributed by atoms with van der Waals surface area (Å²) in [7, 11) is 1.30. The SMILES string of the molecule is CC(C)Cn1c(-c2ccc([N+](=O)[O-])s2)nnc1S(=O)(=O)Cl. The molecular weight excluding hydrogens is 340 g/mol. The van der Waals surface area contributed by atoms with Crippen LogP contribution in [0.5, 0.6) is 0 Å². The Morgan fingerprint density at radius 3 is 2.57 bits per heavy atom. The predicted molar refractivity (Wildman–Crippen MR) is 77.9 cm³/mol. The van der Waals surface area contributed by atoms with Crippen molar-refractivity contribution >= 4 is 36.1 Å². The molecule has 8 nitrogen and oxygen atoms in total. The Kier molecular flexibility index (Phi) is 4.30. The Hall–Kier alpha value is -1.52. The van der Waals surface area contributed by atoms with E-state index in [1.54, 1.807) is 0 Å². The largest absolute Gasteiger partial charge is 0.324 e. The summed E-state index contributed by atoms with van der Waals surface area (Å²) in [4.78, 5) is 10.7. The van der Waals surface area contributed by atoms with E-state index in [1.165, 1.54) is 16.7 Å². The van der Waals surface area contributed by atoms with Crippen LogP contribution in [0.1, 0.15) is 13.8 Å². The normalized spacial score (nSPS) is 12.0. The highest BCUT2D eigenvalue weighted by Gasteiger charge is 2.25. The highest BCUT2D eigenvalue weighted by atomic mass is 35.7. The fourth-order valence-corrected chi connectivity index (χ4v) is 3.45. The average Bonchev–Trinajstić information content (AvgIpc) is 2.92. The first-order valence-electron chi connectivity index (χ1n) is 5.82. The summed E-state index contributed by atoms with van der Waals surface area (Å²) >= 11 is 0.899. The molecule has 0 fully saturated rings. The van der Waals surface area contributed by atoms with Crippen molar-refractivity contribution in [2.45, 2.75) is 25.5 Å². The van der Waals surface area contributed by atoms with Crippen molar-refractivity contribution in [2.24, 2.45) is 5.92 Å². The van der Waals surface area contributed by atoms with Gasteiger partial charge in [-0.2, -0.15) is 0 Å². The first-order chi connectivity index (χ1) is 9.70. The smallest absolute Gasteiger partial charge is 0.296 e. The number of thiophene rings is 1. The first-order valence-corrected chi connectivity index (χ1v) is 8.95. The van der Waals surface area contributed by atoms with Crippen LogP contribution in [-0.2, 0) is 15.6 Å². The van der Waals surface area contributed by atoms with Gasteiger partial charge in [0.15, 0.2) is 5.82 Å². The van der Waals surface area contributed by atoms with Gasteiger partial charge in [0.05, 0.1) is 9.80 Å². The molecule has 0 aromatic carbocycles.